The molecule has 0 fully saturated rings. The molecule has 5 aromatic carbocycles. The van der Waals surface area contributed by atoms with Crippen LogP contribution in [-0.2, 0) is 0 Å². The van der Waals surface area contributed by atoms with Crippen LogP contribution in [0.1, 0.15) is 0 Å². The molecule has 0 saturated carbocycles. The predicted octanol–water partition coefficient (Wildman–Crippen LogP) is 12.0. The summed E-state index contributed by atoms with van der Waals surface area (Å²) < 4.78 is 0. The minimum atomic E-state index is 0.702. The predicted molar refractivity (Wildman–Crippen MR) is 219 cm³/mol. The number of hydrogen-bond acceptors (Lipinski definition) is 5. The maximum atomic E-state index is 5.14. The van der Waals surface area contributed by atoms with Gasteiger partial charge in [-0.15, -0.1) is 0 Å². The molecule has 9 rings (SSSR count). The average molecular weight is 692 g/mol. The summed E-state index contributed by atoms with van der Waals surface area (Å²) in [4.78, 5) is 24.7. The number of hydrogen-bond donors (Lipinski definition) is 0. The fourth-order valence-corrected chi connectivity index (χ4v) is 6.60. The number of pyridine rings is 3. The fourth-order valence-electron chi connectivity index (χ4n) is 6.60. The SMILES string of the molecule is c1ccc(-c2cc(-c3ccccn3)nc(-c3cccc(-c4cccc(-c5ccc(-c6cc(-c7ccccc7)nc(-c7ccccc7)n6)cc5)c4)n3)c2)cc1. The lowest BCUT2D eigenvalue weighted by Gasteiger charge is -2.11. The fraction of sp³-hybridized carbons (Fsp3) is 0. The summed E-state index contributed by atoms with van der Waals surface area (Å²) >= 11 is 0. The van der Waals surface area contributed by atoms with Gasteiger partial charge in [0.15, 0.2) is 5.82 Å². The summed E-state index contributed by atoms with van der Waals surface area (Å²) in [7, 11) is 0. The zero-order chi connectivity index (χ0) is 36.1. The summed E-state index contributed by atoms with van der Waals surface area (Å²) in [5, 5.41) is 0. The van der Waals surface area contributed by atoms with Gasteiger partial charge in [0.05, 0.1) is 39.9 Å². The van der Waals surface area contributed by atoms with E-state index in [1.54, 1.807) is 6.20 Å². The lowest BCUT2D eigenvalue weighted by Crippen LogP contribution is -1.96. The Kier molecular flexibility index (Phi) is 8.86. The maximum absolute atomic E-state index is 5.14. The minimum absolute atomic E-state index is 0.702. The van der Waals surface area contributed by atoms with Crippen LogP contribution < -0.4 is 0 Å². The van der Waals surface area contributed by atoms with E-state index in [2.05, 4.69) is 114 Å². The van der Waals surface area contributed by atoms with E-state index in [9.17, 15) is 0 Å². The first-order valence-corrected chi connectivity index (χ1v) is 17.9. The van der Waals surface area contributed by atoms with E-state index >= 15 is 0 Å². The van der Waals surface area contributed by atoms with E-state index in [1.165, 1.54) is 0 Å². The second-order valence-electron chi connectivity index (χ2n) is 13.0. The second-order valence-corrected chi connectivity index (χ2v) is 13.0. The molecule has 0 amide bonds. The van der Waals surface area contributed by atoms with Gasteiger partial charge < -0.3 is 0 Å². The molecule has 0 unspecified atom stereocenters. The topological polar surface area (TPSA) is 64.5 Å². The van der Waals surface area contributed by atoms with Crippen molar-refractivity contribution >= 4 is 0 Å². The molecule has 0 radical (unpaired) electrons. The van der Waals surface area contributed by atoms with E-state index in [1.807, 2.05) is 84.9 Å². The minimum Gasteiger partial charge on any atom is -0.255 e. The highest BCUT2D eigenvalue weighted by molar-refractivity contribution is 5.78. The van der Waals surface area contributed by atoms with Crippen LogP contribution in [0.5, 0.6) is 0 Å². The van der Waals surface area contributed by atoms with Crippen LogP contribution in [0.4, 0.5) is 0 Å². The van der Waals surface area contributed by atoms with E-state index < -0.39 is 0 Å². The molecule has 0 saturated heterocycles. The third-order valence-electron chi connectivity index (χ3n) is 9.37. The first-order chi connectivity index (χ1) is 26.7. The van der Waals surface area contributed by atoms with Crippen LogP contribution >= 0.6 is 0 Å². The Bertz CT molecular complexity index is 2560. The Morgan fingerprint density at radius 2 is 0.704 bits per heavy atom. The monoisotopic (exact) mass is 691 g/mol. The van der Waals surface area contributed by atoms with E-state index in [-0.39, 0.29) is 0 Å². The standard InChI is InChI=1S/C49H33N5/c1-4-14-34(15-5-1)41-31-47(43-22-10-11-29-50-43)52-48(32-41)44-24-13-23-42(51-44)40-21-12-20-39(30-40)35-25-27-37(28-26-35)46-33-45(36-16-6-2-7-17-36)53-49(54-46)38-18-8-3-9-19-38/h1-33H. The van der Waals surface area contributed by atoms with Crippen LogP contribution in [0, 0.1) is 0 Å². The van der Waals surface area contributed by atoms with Gasteiger partial charge in [-0.05, 0) is 70.8 Å². The lowest BCUT2D eigenvalue weighted by molar-refractivity contribution is 1.18. The Hall–Kier alpha value is -7.37. The van der Waals surface area contributed by atoms with Crippen LogP contribution in [0.15, 0.2) is 200 Å². The molecule has 9 aromatic rings. The van der Waals surface area contributed by atoms with Crippen molar-refractivity contribution in [3.8, 4) is 90.2 Å². The lowest BCUT2D eigenvalue weighted by atomic mass is 9.99. The Balaban J connectivity index is 1.04. The van der Waals surface area contributed by atoms with Gasteiger partial charge in [-0.3, -0.25) is 4.98 Å². The van der Waals surface area contributed by atoms with Gasteiger partial charge in [0.1, 0.15) is 0 Å². The van der Waals surface area contributed by atoms with Gasteiger partial charge in [0.25, 0.3) is 0 Å². The summed E-state index contributed by atoms with van der Waals surface area (Å²) in [6.45, 7) is 0. The Labute approximate surface area is 314 Å². The van der Waals surface area contributed by atoms with Crippen LogP contribution in [0.3, 0.4) is 0 Å². The highest BCUT2D eigenvalue weighted by Gasteiger charge is 2.14. The largest absolute Gasteiger partial charge is 0.255 e. The number of benzene rings is 5. The van der Waals surface area contributed by atoms with E-state index in [4.69, 9.17) is 19.9 Å². The van der Waals surface area contributed by atoms with E-state index in [0.717, 1.165) is 84.4 Å². The maximum Gasteiger partial charge on any atom is 0.160 e. The van der Waals surface area contributed by atoms with Crippen molar-refractivity contribution in [1.29, 1.82) is 0 Å². The van der Waals surface area contributed by atoms with Gasteiger partial charge >= 0.3 is 0 Å². The Morgan fingerprint density at radius 1 is 0.222 bits per heavy atom. The highest BCUT2D eigenvalue weighted by Crippen LogP contribution is 2.33. The van der Waals surface area contributed by atoms with Crippen LogP contribution in [-0.4, -0.2) is 24.9 Å². The Morgan fingerprint density at radius 3 is 1.39 bits per heavy atom. The molecular weight excluding hydrogens is 659 g/mol. The van der Waals surface area contributed by atoms with Gasteiger partial charge in [-0.1, -0.05) is 146 Å². The zero-order valence-electron chi connectivity index (χ0n) is 29.3. The molecular formula is C49H33N5. The average Bonchev–Trinajstić information content (AvgIpc) is 3.27. The van der Waals surface area contributed by atoms with Crippen molar-refractivity contribution in [1.82, 2.24) is 24.9 Å². The summed E-state index contributed by atoms with van der Waals surface area (Å²) in [5.41, 5.74) is 14.3. The van der Waals surface area contributed by atoms with Crippen molar-refractivity contribution in [2.24, 2.45) is 0 Å². The molecule has 0 spiro atoms. The van der Waals surface area contributed by atoms with Gasteiger partial charge in [-0.2, -0.15) is 0 Å². The molecule has 5 nitrogen and oxygen atoms in total. The third kappa shape index (κ3) is 6.94. The molecule has 0 bridgehead atoms. The molecule has 4 heterocycles. The quantitative estimate of drug-likeness (QED) is 0.159. The van der Waals surface area contributed by atoms with Crippen LogP contribution in [0.25, 0.3) is 90.2 Å². The summed E-state index contributed by atoms with van der Waals surface area (Å²) in [6.07, 6.45) is 1.80. The molecule has 0 N–H and O–H groups in total. The molecule has 5 heteroatoms. The molecule has 0 aliphatic rings. The van der Waals surface area contributed by atoms with Crippen molar-refractivity contribution in [3.05, 3.63) is 200 Å². The molecule has 0 aliphatic heterocycles. The van der Waals surface area contributed by atoms with E-state index in [0.29, 0.717) is 5.82 Å². The number of rotatable bonds is 8. The highest BCUT2D eigenvalue weighted by atomic mass is 14.9. The normalized spacial score (nSPS) is 11.0. The van der Waals surface area contributed by atoms with Crippen molar-refractivity contribution in [2.45, 2.75) is 0 Å². The summed E-state index contributed by atoms with van der Waals surface area (Å²) in [5.74, 6) is 0.702. The van der Waals surface area contributed by atoms with Crippen molar-refractivity contribution < 1.29 is 0 Å². The zero-order valence-corrected chi connectivity index (χ0v) is 29.3. The van der Waals surface area contributed by atoms with Gasteiger partial charge in [-0.25, -0.2) is 19.9 Å². The molecule has 254 valence electrons. The van der Waals surface area contributed by atoms with Crippen molar-refractivity contribution in [3.63, 3.8) is 0 Å². The third-order valence-corrected chi connectivity index (χ3v) is 9.37. The summed E-state index contributed by atoms with van der Waals surface area (Å²) in [6, 6.07) is 66.1. The van der Waals surface area contributed by atoms with Gasteiger partial charge in [0, 0.05) is 28.5 Å². The first kappa shape index (κ1) is 32.5. The molecule has 4 aromatic heterocycles. The smallest absolute Gasteiger partial charge is 0.160 e. The van der Waals surface area contributed by atoms with Crippen LogP contribution in [0.2, 0.25) is 0 Å². The van der Waals surface area contributed by atoms with Gasteiger partial charge in [0.2, 0.25) is 0 Å². The number of aromatic nitrogens is 5. The molecule has 0 aliphatic carbocycles. The second kappa shape index (κ2) is 14.7. The number of nitrogens with zero attached hydrogens (tertiary/aromatic N) is 5. The molecule has 54 heavy (non-hydrogen) atoms. The van der Waals surface area contributed by atoms with Crippen molar-refractivity contribution in [2.75, 3.05) is 0 Å². The first-order valence-electron chi connectivity index (χ1n) is 17.9. The molecule has 0 atom stereocenters.